The third-order valence-electron chi connectivity index (χ3n) is 4.08. The highest BCUT2D eigenvalue weighted by Crippen LogP contribution is 2.29. The number of anilines is 1. The van der Waals surface area contributed by atoms with Gasteiger partial charge in [0.15, 0.2) is 0 Å². The van der Waals surface area contributed by atoms with Crippen LogP contribution in [0.15, 0.2) is 6.07 Å². The molecule has 1 aliphatic carbocycles. The van der Waals surface area contributed by atoms with E-state index in [2.05, 4.69) is 16.4 Å². The molecule has 1 saturated carbocycles. The summed E-state index contributed by atoms with van der Waals surface area (Å²) in [6.45, 7) is 2.39. The highest BCUT2D eigenvalue weighted by Gasteiger charge is 2.23. The van der Waals surface area contributed by atoms with Gasteiger partial charge in [-0.3, -0.25) is 0 Å². The summed E-state index contributed by atoms with van der Waals surface area (Å²) in [6.07, 6.45) is 6.29. The first-order valence-corrected chi connectivity index (χ1v) is 7.57. The molecule has 2 rings (SSSR count). The molecule has 0 spiro atoms. The SMILES string of the molecule is Cc1nc(NC(CN)C2CCCCC2)c(Cl)cc1C#N. The van der Waals surface area contributed by atoms with Crippen molar-refractivity contribution < 1.29 is 0 Å². The van der Waals surface area contributed by atoms with Crippen molar-refractivity contribution in [3.8, 4) is 6.07 Å². The van der Waals surface area contributed by atoms with E-state index in [1.807, 2.05) is 6.92 Å². The highest BCUT2D eigenvalue weighted by atomic mass is 35.5. The summed E-state index contributed by atoms with van der Waals surface area (Å²) < 4.78 is 0. The molecule has 0 aliphatic heterocycles. The van der Waals surface area contributed by atoms with Gasteiger partial charge in [0.2, 0.25) is 0 Å². The second-order valence-electron chi connectivity index (χ2n) is 5.45. The number of rotatable bonds is 4. The van der Waals surface area contributed by atoms with Gasteiger partial charge in [0, 0.05) is 12.6 Å². The number of aromatic nitrogens is 1. The van der Waals surface area contributed by atoms with Crippen LogP contribution in [0.5, 0.6) is 0 Å². The van der Waals surface area contributed by atoms with E-state index in [0.717, 1.165) is 0 Å². The van der Waals surface area contributed by atoms with Gasteiger partial charge in [-0.1, -0.05) is 30.9 Å². The van der Waals surface area contributed by atoms with Gasteiger partial charge in [0.05, 0.1) is 16.3 Å². The lowest BCUT2D eigenvalue weighted by molar-refractivity contribution is 0.320. The molecule has 0 saturated heterocycles. The van der Waals surface area contributed by atoms with Crippen LogP contribution in [0.2, 0.25) is 5.02 Å². The van der Waals surface area contributed by atoms with Crippen LogP contribution in [0.3, 0.4) is 0 Å². The Morgan fingerprint density at radius 1 is 1.50 bits per heavy atom. The van der Waals surface area contributed by atoms with Crippen molar-refractivity contribution in [1.29, 1.82) is 5.26 Å². The minimum atomic E-state index is 0.202. The quantitative estimate of drug-likeness (QED) is 0.893. The summed E-state index contributed by atoms with van der Waals surface area (Å²) in [4.78, 5) is 4.40. The first-order chi connectivity index (χ1) is 9.65. The Morgan fingerprint density at radius 3 is 2.80 bits per heavy atom. The molecule has 1 unspecified atom stereocenters. The molecule has 1 heterocycles. The fraction of sp³-hybridized carbons (Fsp3) is 0.600. The van der Waals surface area contributed by atoms with E-state index in [9.17, 15) is 0 Å². The zero-order chi connectivity index (χ0) is 14.5. The fourth-order valence-corrected chi connectivity index (χ4v) is 3.08. The van der Waals surface area contributed by atoms with Crippen molar-refractivity contribution in [2.24, 2.45) is 11.7 Å². The summed E-state index contributed by atoms with van der Waals surface area (Å²) in [5.74, 6) is 1.23. The summed E-state index contributed by atoms with van der Waals surface area (Å²) in [5, 5.41) is 12.8. The lowest BCUT2D eigenvalue weighted by atomic mass is 9.84. The summed E-state index contributed by atoms with van der Waals surface area (Å²) in [6, 6.07) is 3.96. The first-order valence-electron chi connectivity index (χ1n) is 7.19. The molecule has 1 aromatic heterocycles. The number of nitrogens with two attached hydrogens (primary N) is 1. The number of hydrogen-bond acceptors (Lipinski definition) is 4. The molecule has 0 aromatic carbocycles. The van der Waals surface area contributed by atoms with Crippen molar-refractivity contribution >= 4 is 17.4 Å². The first kappa shape index (κ1) is 15.1. The number of nitrogens with zero attached hydrogens (tertiary/aromatic N) is 2. The molecule has 0 amide bonds. The summed E-state index contributed by atoms with van der Waals surface area (Å²) in [7, 11) is 0. The predicted molar refractivity (Wildman–Crippen MR) is 81.7 cm³/mol. The van der Waals surface area contributed by atoms with E-state index in [4.69, 9.17) is 22.6 Å². The fourth-order valence-electron chi connectivity index (χ4n) is 2.88. The molecule has 4 nitrogen and oxygen atoms in total. The lowest BCUT2D eigenvalue weighted by Crippen LogP contribution is -2.37. The maximum Gasteiger partial charge on any atom is 0.145 e. The maximum absolute atomic E-state index is 8.98. The molecule has 0 radical (unpaired) electrons. The maximum atomic E-state index is 8.98. The summed E-state index contributed by atoms with van der Waals surface area (Å²) in [5.41, 5.74) is 7.12. The smallest absolute Gasteiger partial charge is 0.145 e. The number of halogens is 1. The van der Waals surface area contributed by atoms with Crippen LogP contribution in [0, 0.1) is 24.2 Å². The zero-order valence-corrected chi connectivity index (χ0v) is 12.6. The van der Waals surface area contributed by atoms with Gasteiger partial charge in [-0.25, -0.2) is 4.98 Å². The molecular formula is C15H21ClN4. The number of pyridine rings is 1. The molecule has 108 valence electrons. The molecule has 1 aliphatic rings. The second-order valence-corrected chi connectivity index (χ2v) is 5.86. The average Bonchev–Trinajstić information content (AvgIpc) is 2.48. The van der Waals surface area contributed by atoms with Crippen molar-refractivity contribution in [1.82, 2.24) is 4.98 Å². The van der Waals surface area contributed by atoms with Crippen LogP contribution in [0.4, 0.5) is 5.82 Å². The number of hydrogen-bond donors (Lipinski definition) is 2. The zero-order valence-electron chi connectivity index (χ0n) is 11.8. The van der Waals surface area contributed by atoms with Crippen LogP contribution in [0.1, 0.15) is 43.4 Å². The normalized spacial score (nSPS) is 17.5. The minimum absolute atomic E-state index is 0.202. The monoisotopic (exact) mass is 292 g/mol. The third-order valence-corrected chi connectivity index (χ3v) is 4.37. The highest BCUT2D eigenvalue weighted by molar-refractivity contribution is 6.33. The second kappa shape index (κ2) is 6.92. The summed E-state index contributed by atoms with van der Waals surface area (Å²) >= 11 is 6.20. The molecule has 1 aromatic rings. The van der Waals surface area contributed by atoms with Crippen LogP contribution >= 0.6 is 11.6 Å². The molecule has 5 heteroatoms. The van der Waals surface area contributed by atoms with E-state index >= 15 is 0 Å². The largest absolute Gasteiger partial charge is 0.365 e. The minimum Gasteiger partial charge on any atom is -0.365 e. The van der Waals surface area contributed by atoms with Gasteiger partial charge in [-0.2, -0.15) is 5.26 Å². The molecule has 1 fully saturated rings. The van der Waals surface area contributed by atoms with Gasteiger partial charge >= 0.3 is 0 Å². The van der Waals surface area contributed by atoms with Gasteiger partial charge in [0.25, 0.3) is 0 Å². The van der Waals surface area contributed by atoms with E-state index < -0.39 is 0 Å². The van der Waals surface area contributed by atoms with Gasteiger partial charge in [0.1, 0.15) is 11.9 Å². The van der Waals surface area contributed by atoms with Crippen molar-refractivity contribution in [2.45, 2.75) is 45.1 Å². The Kier molecular flexibility index (Phi) is 5.22. The van der Waals surface area contributed by atoms with E-state index in [1.165, 1.54) is 32.1 Å². The van der Waals surface area contributed by atoms with Gasteiger partial charge < -0.3 is 11.1 Å². The Labute approximate surface area is 125 Å². The van der Waals surface area contributed by atoms with E-state index in [-0.39, 0.29) is 6.04 Å². The molecule has 20 heavy (non-hydrogen) atoms. The van der Waals surface area contributed by atoms with E-state index in [0.29, 0.717) is 34.6 Å². The van der Waals surface area contributed by atoms with Crippen LogP contribution < -0.4 is 11.1 Å². The third kappa shape index (κ3) is 3.41. The standard InChI is InChI=1S/C15H21ClN4/c1-10-12(8-17)7-13(16)15(19-10)20-14(9-18)11-5-3-2-4-6-11/h7,11,14H,2-6,9,18H2,1H3,(H,19,20). The average molecular weight is 293 g/mol. The number of nitrogens with one attached hydrogen (secondary N) is 1. The van der Waals surface area contributed by atoms with E-state index in [1.54, 1.807) is 6.07 Å². The van der Waals surface area contributed by atoms with Crippen LogP contribution in [0.25, 0.3) is 0 Å². The Balaban J connectivity index is 2.15. The molecule has 1 atom stereocenters. The Hall–Kier alpha value is -1.31. The number of nitriles is 1. The molecular weight excluding hydrogens is 272 g/mol. The topological polar surface area (TPSA) is 74.7 Å². The lowest BCUT2D eigenvalue weighted by Gasteiger charge is -2.30. The molecule has 3 N–H and O–H groups in total. The van der Waals surface area contributed by atoms with Gasteiger partial charge in [-0.05, 0) is 31.7 Å². The van der Waals surface area contributed by atoms with Crippen LogP contribution in [-0.2, 0) is 0 Å². The molecule has 0 bridgehead atoms. The number of aryl methyl sites for hydroxylation is 1. The predicted octanol–water partition coefficient (Wildman–Crippen LogP) is 3.23. The Bertz CT molecular complexity index is 503. The van der Waals surface area contributed by atoms with Crippen molar-refractivity contribution in [3.63, 3.8) is 0 Å². The Morgan fingerprint density at radius 2 is 2.20 bits per heavy atom. The van der Waals surface area contributed by atoms with Crippen LogP contribution in [-0.4, -0.2) is 17.6 Å². The van der Waals surface area contributed by atoms with Crippen molar-refractivity contribution in [2.75, 3.05) is 11.9 Å². The van der Waals surface area contributed by atoms with Crippen molar-refractivity contribution in [3.05, 3.63) is 22.3 Å². The van der Waals surface area contributed by atoms with Gasteiger partial charge in [-0.15, -0.1) is 0 Å².